The average molecular weight is 413 g/mol. The predicted octanol–water partition coefficient (Wildman–Crippen LogP) is 2.17. The van der Waals surface area contributed by atoms with Gasteiger partial charge in [0.05, 0.1) is 23.0 Å². The molecule has 1 aliphatic rings. The summed E-state index contributed by atoms with van der Waals surface area (Å²) in [5.74, 6) is -0.281. The number of halogens is 1. The Morgan fingerprint density at radius 3 is 2.62 bits per heavy atom. The van der Waals surface area contributed by atoms with Crippen molar-refractivity contribution >= 4 is 15.8 Å². The molecule has 3 aromatic rings. The summed E-state index contributed by atoms with van der Waals surface area (Å²) >= 11 is 0. The van der Waals surface area contributed by atoms with Gasteiger partial charge < -0.3 is 11.1 Å². The lowest BCUT2D eigenvalue weighted by atomic mass is 10.0. The van der Waals surface area contributed by atoms with Crippen molar-refractivity contribution in [3.8, 4) is 22.4 Å². The third-order valence-electron chi connectivity index (χ3n) is 4.79. The molecule has 29 heavy (non-hydrogen) atoms. The van der Waals surface area contributed by atoms with Gasteiger partial charge in [0.25, 0.3) is 0 Å². The lowest BCUT2D eigenvalue weighted by Gasteiger charge is -2.15. The Bertz CT molecular complexity index is 1130. The molecule has 7 nitrogen and oxygen atoms in total. The van der Waals surface area contributed by atoms with Crippen LogP contribution in [0.1, 0.15) is 6.42 Å². The summed E-state index contributed by atoms with van der Waals surface area (Å²) in [4.78, 5) is 8.13. The maximum Gasteiger partial charge on any atom is 0.241 e. The molecule has 4 N–H and O–H groups in total. The van der Waals surface area contributed by atoms with E-state index < -0.39 is 15.8 Å². The van der Waals surface area contributed by atoms with Crippen LogP contribution in [0, 0.1) is 5.82 Å². The zero-order valence-corrected chi connectivity index (χ0v) is 16.3. The van der Waals surface area contributed by atoms with E-state index in [0.29, 0.717) is 23.4 Å². The van der Waals surface area contributed by atoms with Gasteiger partial charge in [0.2, 0.25) is 10.0 Å². The summed E-state index contributed by atoms with van der Waals surface area (Å²) < 4.78 is 43.4. The molecule has 9 heteroatoms. The minimum absolute atomic E-state index is 0.117. The number of nitrogens with one attached hydrogen (secondary N) is 2. The fourth-order valence-electron chi connectivity index (χ4n) is 3.35. The van der Waals surface area contributed by atoms with Crippen LogP contribution in [0.5, 0.6) is 0 Å². The van der Waals surface area contributed by atoms with Gasteiger partial charge >= 0.3 is 0 Å². The van der Waals surface area contributed by atoms with E-state index in [2.05, 4.69) is 20.0 Å². The Kier molecular flexibility index (Phi) is 5.27. The monoisotopic (exact) mass is 413 g/mol. The number of hydrogen-bond donors (Lipinski definition) is 3. The number of nitrogens with two attached hydrogens (primary N) is 1. The molecule has 4 rings (SSSR count). The normalized spacial score (nSPS) is 16.8. The van der Waals surface area contributed by atoms with Crippen LogP contribution in [0.2, 0.25) is 0 Å². The molecule has 150 valence electrons. The third-order valence-corrected chi connectivity index (χ3v) is 6.37. The number of hydrogen-bond acceptors (Lipinski definition) is 6. The number of nitrogen functional groups attached to an aromatic ring is 1. The van der Waals surface area contributed by atoms with Crippen molar-refractivity contribution in [2.24, 2.45) is 0 Å². The van der Waals surface area contributed by atoms with E-state index in [1.54, 1.807) is 30.3 Å². The Morgan fingerprint density at radius 2 is 1.93 bits per heavy atom. The number of benzene rings is 2. The second-order valence-electron chi connectivity index (χ2n) is 6.83. The quantitative estimate of drug-likeness (QED) is 0.591. The highest BCUT2D eigenvalue weighted by Gasteiger charge is 2.25. The first kappa shape index (κ1) is 19.4. The fourth-order valence-corrected chi connectivity index (χ4v) is 4.85. The molecule has 1 aromatic heterocycles. The summed E-state index contributed by atoms with van der Waals surface area (Å²) in [6.45, 7) is 1.36. The first-order chi connectivity index (χ1) is 13.9. The number of rotatable bonds is 5. The second-order valence-corrected chi connectivity index (χ2v) is 8.51. The minimum Gasteiger partial charge on any atom is -0.382 e. The summed E-state index contributed by atoms with van der Waals surface area (Å²) in [7, 11) is -3.75. The average Bonchev–Trinajstić information content (AvgIpc) is 3.21. The van der Waals surface area contributed by atoms with Crippen LogP contribution >= 0.6 is 0 Å². The lowest BCUT2D eigenvalue weighted by molar-refractivity contribution is 0.560. The van der Waals surface area contributed by atoms with Gasteiger partial charge in [-0.3, -0.25) is 4.98 Å². The molecule has 1 fully saturated rings. The highest BCUT2D eigenvalue weighted by molar-refractivity contribution is 7.89. The molecular formula is C20H20FN5O2S. The summed E-state index contributed by atoms with van der Waals surface area (Å²) in [6.07, 6.45) is 3.48. The summed E-state index contributed by atoms with van der Waals surface area (Å²) in [6, 6.07) is 10.9. The van der Waals surface area contributed by atoms with E-state index in [9.17, 15) is 12.8 Å². The Morgan fingerprint density at radius 1 is 1.10 bits per heavy atom. The number of anilines is 1. The van der Waals surface area contributed by atoms with Crippen molar-refractivity contribution in [1.29, 1.82) is 0 Å². The van der Waals surface area contributed by atoms with Gasteiger partial charge in [-0.2, -0.15) is 0 Å². The summed E-state index contributed by atoms with van der Waals surface area (Å²) in [5, 5.41) is 3.13. The van der Waals surface area contributed by atoms with Crippen molar-refractivity contribution in [2.45, 2.75) is 17.4 Å². The van der Waals surface area contributed by atoms with Gasteiger partial charge in [0.1, 0.15) is 11.6 Å². The smallest absolute Gasteiger partial charge is 0.241 e. The van der Waals surface area contributed by atoms with Gasteiger partial charge in [-0.05, 0) is 36.7 Å². The molecule has 2 aromatic carbocycles. The number of nitrogens with zero attached hydrogens (tertiary/aromatic N) is 2. The van der Waals surface area contributed by atoms with Crippen LogP contribution in [-0.4, -0.2) is 37.5 Å². The Hall–Kier alpha value is -2.88. The van der Waals surface area contributed by atoms with Gasteiger partial charge in [-0.15, -0.1) is 0 Å². The van der Waals surface area contributed by atoms with E-state index in [-0.39, 0.29) is 22.3 Å². The van der Waals surface area contributed by atoms with E-state index >= 15 is 0 Å². The van der Waals surface area contributed by atoms with Crippen molar-refractivity contribution in [2.75, 3.05) is 18.8 Å². The van der Waals surface area contributed by atoms with Crippen LogP contribution in [0.4, 0.5) is 10.2 Å². The third kappa shape index (κ3) is 4.12. The molecule has 0 unspecified atom stereocenters. The first-order valence-electron chi connectivity index (χ1n) is 9.14. The Balaban J connectivity index is 1.70. The Labute approximate surface area is 168 Å². The van der Waals surface area contributed by atoms with Crippen molar-refractivity contribution in [3.05, 3.63) is 60.7 Å². The molecule has 0 saturated carbocycles. The van der Waals surface area contributed by atoms with Gasteiger partial charge in [0, 0.05) is 23.7 Å². The standard InChI is InChI=1S/C20H20FN5O2S/c21-17-9-13(5-6-16(17)18-11-25-20(22)12-24-18)15-3-1-2-4-19(15)29(27,28)26-14-7-8-23-10-14/h1-6,9,11-12,14,23,26H,7-8,10H2,(H2,22,25)/t14-/m0/s1. The molecule has 1 saturated heterocycles. The molecule has 0 spiro atoms. The zero-order chi connectivity index (χ0) is 20.4. The molecule has 0 radical (unpaired) electrons. The molecular weight excluding hydrogens is 393 g/mol. The van der Waals surface area contributed by atoms with Gasteiger partial charge in [0.15, 0.2) is 0 Å². The maximum absolute atomic E-state index is 14.8. The molecule has 1 aliphatic heterocycles. The van der Waals surface area contributed by atoms with E-state index in [4.69, 9.17) is 5.73 Å². The first-order valence-corrected chi connectivity index (χ1v) is 10.6. The number of aromatic nitrogens is 2. The highest BCUT2D eigenvalue weighted by Crippen LogP contribution is 2.31. The number of sulfonamides is 1. The van der Waals surface area contributed by atoms with Crippen LogP contribution in [0.3, 0.4) is 0 Å². The highest BCUT2D eigenvalue weighted by atomic mass is 32.2. The van der Waals surface area contributed by atoms with Gasteiger partial charge in [-0.1, -0.05) is 24.3 Å². The largest absolute Gasteiger partial charge is 0.382 e. The van der Waals surface area contributed by atoms with E-state index in [0.717, 1.165) is 13.0 Å². The van der Waals surface area contributed by atoms with E-state index in [1.165, 1.54) is 24.5 Å². The zero-order valence-electron chi connectivity index (χ0n) is 15.5. The van der Waals surface area contributed by atoms with Gasteiger partial charge in [-0.25, -0.2) is 22.5 Å². The molecule has 0 amide bonds. The maximum atomic E-state index is 14.8. The van der Waals surface area contributed by atoms with Crippen LogP contribution < -0.4 is 15.8 Å². The van der Waals surface area contributed by atoms with Crippen LogP contribution in [0.15, 0.2) is 59.8 Å². The molecule has 0 aliphatic carbocycles. The van der Waals surface area contributed by atoms with Crippen molar-refractivity contribution < 1.29 is 12.8 Å². The predicted molar refractivity (Wildman–Crippen MR) is 109 cm³/mol. The van der Waals surface area contributed by atoms with Crippen molar-refractivity contribution in [3.63, 3.8) is 0 Å². The van der Waals surface area contributed by atoms with Crippen LogP contribution in [0.25, 0.3) is 22.4 Å². The minimum atomic E-state index is -3.75. The topological polar surface area (TPSA) is 110 Å². The SMILES string of the molecule is Nc1cnc(-c2ccc(-c3ccccc3S(=O)(=O)N[C@H]3CCNC3)cc2F)cn1. The molecule has 2 heterocycles. The molecule has 1 atom stereocenters. The van der Waals surface area contributed by atoms with Crippen LogP contribution in [-0.2, 0) is 10.0 Å². The van der Waals surface area contributed by atoms with E-state index in [1.807, 2.05) is 0 Å². The summed E-state index contributed by atoms with van der Waals surface area (Å²) in [5.41, 5.74) is 7.02. The second kappa shape index (κ2) is 7.86. The molecule has 0 bridgehead atoms. The van der Waals surface area contributed by atoms with Crippen molar-refractivity contribution in [1.82, 2.24) is 20.0 Å². The fraction of sp³-hybridized carbons (Fsp3) is 0.200. The lowest BCUT2D eigenvalue weighted by Crippen LogP contribution is -2.36.